The fourth-order valence-corrected chi connectivity index (χ4v) is 3.04. The highest BCUT2D eigenvalue weighted by Gasteiger charge is 2.14. The summed E-state index contributed by atoms with van der Waals surface area (Å²) in [6.07, 6.45) is 0. The summed E-state index contributed by atoms with van der Waals surface area (Å²) in [7, 11) is -0.671. The van der Waals surface area contributed by atoms with Crippen LogP contribution >= 0.6 is 0 Å². The third kappa shape index (κ3) is 4.51. The van der Waals surface area contributed by atoms with Gasteiger partial charge in [-0.1, -0.05) is 6.07 Å². The van der Waals surface area contributed by atoms with Crippen molar-refractivity contribution < 1.29 is 22.3 Å². The Labute approximate surface area is 135 Å². The van der Waals surface area contributed by atoms with Crippen LogP contribution < -0.4 is 9.46 Å². The molecule has 1 N–H and O–H groups in total. The predicted octanol–water partition coefficient (Wildman–Crippen LogP) is 2.46. The molecule has 2 aromatic carbocycles. The second-order valence-electron chi connectivity index (χ2n) is 4.86. The lowest BCUT2D eigenvalue weighted by atomic mass is 10.1. The fraction of sp³-hybridized carbons (Fsp3) is 0.250. The number of rotatable bonds is 7. The lowest BCUT2D eigenvalue weighted by molar-refractivity contribution is 0.181. The van der Waals surface area contributed by atoms with E-state index in [1.165, 1.54) is 38.5 Å². The normalized spacial score (nSPS) is 11.4. The van der Waals surface area contributed by atoms with E-state index < -0.39 is 10.0 Å². The Morgan fingerprint density at radius 1 is 1.09 bits per heavy atom. The lowest BCUT2D eigenvalue weighted by Gasteiger charge is -2.09. The van der Waals surface area contributed by atoms with E-state index in [-0.39, 0.29) is 23.9 Å². The first-order valence-electron chi connectivity index (χ1n) is 6.86. The van der Waals surface area contributed by atoms with E-state index in [0.717, 1.165) is 0 Å². The van der Waals surface area contributed by atoms with Gasteiger partial charge in [0.25, 0.3) is 0 Å². The van der Waals surface area contributed by atoms with E-state index in [9.17, 15) is 12.8 Å². The summed E-state index contributed by atoms with van der Waals surface area (Å²) in [6.45, 7) is 0.191. The summed E-state index contributed by atoms with van der Waals surface area (Å²) in [4.78, 5) is 0.137. The van der Waals surface area contributed by atoms with Gasteiger partial charge < -0.3 is 9.47 Å². The first-order valence-corrected chi connectivity index (χ1v) is 8.34. The first-order chi connectivity index (χ1) is 11.0. The van der Waals surface area contributed by atoms with Gasteiger partial charge in [0.05, 0.1) is 18.6 Å². The highest BCUT2D eigenvalue weighted by Crippen LogP contribution is 2.16. The standard InChI is InChI=1S/C16H18FNO4S/c1-21-11-13-9-12(3-8-16(13)17)10-18-23(19,20)15-6-4-14(22-2)5-7-15/h3-9,18H,10-11H2,1-2H3. The highest BCUT2D eigenvalue weighted by atomic mass is 32.2. The van der Waals surface area contributed by atoms with Crippen molar-refractivity contribution in [1.82, 2.24) is 4.72 Å². The molecular formula is C16H18FNO4S. The van der Waals surface area contributed by atoms with E-state index >= 15 is 0 Å². The number of ether oxygens (including phenoxy) is 2. The van der Waals surface area contributed by atoms with Gasteiger partial charge in [0, 0.05) is 19.2 Å². The molecule has 0 aromatic heterocycles. The van der Waals surface area contributed by atoms with Crippen molar-refractivity contribution >= 4 is 10.0 Å². The van der Waals surface area contributed by atoms with Gasteiger partial charge in [0.15, 0.2) is 0 Å². The maximum Gasteiger partial charge on any atom is 0.240 e. The molecule has 0 amide bonds. The molecule has 0 aliphatic rings. The Morgan fingerprint density at radius 2 is 1.78 bits per heavy atom. The summed E-state index contributed by atoms with van der Waals surface area (Å²) in [5.41, 5.74) is 1.03. The molecule has 0 saturated heterocycles. The van der Waals surface area contributed by atoms with Gasteiger partial charge in [-0.25, -0.2) is 17.5 Å². The number of sulfonamides is 1. The van der Waals surface area contributed by atoms with Gasteiger partial charge in [-0.05, 0) is 42.0 Å². The summed E-state index contributed by atoms with van der Waals surface area (Å²) in [5, 5.41) is 0. The zero-order valence-corrected chi connectivity index (χ0v) is 13.7. The van der Waals surface area contributed by atoms with E-state index in [4.69, 9.17) is 9.47 Å². The molecule has 7 heteroatoms. The van der Waals surface area contributed by atoms with Crippen molar-refractivity contribution in [3.63, 3.8) is 0 Å². The number of benzene rings is 2. The van der Waals surface area contributed by atoms with Crippen molar-refractivity contribution in [2.75, 3.05) is 14.2 Å². The van der Waals surface area contributed by atoms with Crippen LogP contribution in [-0.2, 0) is 27.9 Å². The van der Waals surface area contributed by atoms with E-state index in [1.54, 1.807) is 18.2 Å². The van der Waals surface area contributed by atoms with Crippen LogP contribution in [0, 0.1) is 5.82 Å². The van der Waals surface area contributed by atoms with Crippen LogP contribution in [0.3, 0.4) is 0 Å². The molecule has 5 nitrogen and oxygen atoms in total. The number of methoxy groups -OCH3 is 2. The Morgan fingerprint density at radius 3 is 2.39 bits per heavy atom. The molecule has 0 heterocycles. The summed E-state index contributed by atoms with van der Waals surface area (Å²) in [5.74, 6) is 0.195. The quantitative estimate of drug-likeness (QED) is 0.842. The van der Waals surface area contributed by atoms with Crippen molar-refractivity contribution in [3.05, 3.63) is 59.4 Å². The van der Waals surface area contributed by atoms with Crippen LogP contribution in [0.5, 0.6) is 5.75 Å². The molecule has 0 radical (unpaired) electrons. The van der Waals surface area contributed by atoms with Crippen LogP contribution in [0.1, 0.15) is 11.1 Å². The zero-order valence-electron chi connectivity index (χ0n) is 12.9. The molecule has 0 unspecified atom stereocenters. The van der Waals surface area contributed by atoms with Gasteiger partial charge in [0.2, 0.25) is 10.0 Å². The molecule has 0 fully saturated rings. The number of nitrogens with one attached hydrogen (secondary N) is 1. The SMILES string of the molecule is COCc1cc(CNS(=O)(=O)c2ccc(OC)cc2)ccc1F. The fourth-order valence-electron chi connectivity index (χ4n) is 2.02. The molecule has 0 atom stereocenters. The summed E-state index contributed by atoms with van der Waals surface area (Å²) in [6, 6.07) is 10.5. The molecule has 124 valence electrons. The van der Waals surface area contributed by atoms with Crippen molar-refractivity contribution in [1.29, 1.82) is 0 Å². The molecule has 23 heavy (non-hydrogen) atoms. The van der Waals surface area contributed by atoms with Crippen LogP contribution in [0.25, 0.3) is 0 Å². The maximum atomic E-state index is 13.5. The van der Waals surface area contributed by atoms with E-state index in [1.807, 2.05) is 0 Å². The summed E-state index contributed by atoms with van der Waals surface area (Å²) < 4.78 is 50.4. The van der Waals surface area contributed by atoms with Gasteiger partial charge in [-0.15, -0.1) is 0 Å². The molecule has 0 bridgehead atoms. The minimum absolute atomic E-state index is 0.0609. The van der Waals surface area contributed by atoms with E-state index in [2.05, 4.69) is 4.72 Å². The average Bonchev–Trinajstić information content (AvgIpc) is 2.56. The number of hydrogen-bond donors (Lipinski definition) is 1. The third-order valence-corrected chi connectivity index (χ3v) is 4.66. The molecule has 0 spiro atoms. The number of hydrogen-bond acceptors (Lipinski definition) is 4. The molecule has 2 aromatic rings. The molecule has 0 saturated carbocycles. The van der Waals surface area contributed by atoms with E-state index in [0.29, 0.717) is 16.9 Å². The van der Waals surface area contributed by atoms with Crippen molar-refractivity contribution in [3.8, 4) is 5.75 Å². The Kier molecular flexibility index (Phi) is 5.70. The van der Waals surface area contributed by atoms with Gasteiger partial charge in [0.1, 0.15) is 11.6 Å². The van der Waals surface area contributed by atoms with Crippen LogP contribution in [-0.4, -0.2) is 22.6 Å². The van der Waals surface area contributed by atoms with Gasteiger partial charge in [-0.3, -0.25) is 0 Å². The largest absolute Gasteiger partial charge is 0.497 e. The third-order valence-electron chi connectivity index (χ3n) is 3.25. The highest BCUT2D eigenvalue weighted by molar-refractivity contribution is 7.89. The van der Waals surface area contributed by atoms with Gasteiger partial charge in [-0.2, -0.15) is 0 Å². The molecule has 0 aliphatic heterocycles. The monoisotopic (exact) mass is 339 g/mol. The van der Waals surface area contributed by atoms with Crippen LogP contribution in [0.4, 0.5) is 4.39 Å². The molecular weight excluding hydrogens is 321 g/mol. The molecule has 0 aliphatic carbocycles. The van der Waals surface area contributed by atoms with Crippen LogP contribution in [0.2, 0.25) is 0 Å². The second-order valence-corrected chi connectivity index (χ2v) is 6.63. The second kappa shape index (κ2) is 7.54. The topological polar surface area (TPSA) is 64.6 Å². The predicted molar refractivity (Wildman–Crippen MR) is 84.1 cm³/mol. The maximum absolute atomic E-state index is 13.5. The van der Waals surface area contributed by atoms with Crippen LogP contribution in [0.15, 0.2) is 47.4 Å². The van der Waals surface area contributed by atoms with Gasteiger partial charge >= 0.3 is 0 Å². The zero-order chi connectivity index (χ0) is 16.9. The molecule has 2 rings (SSSR count). The first kappa shape index (κ1) is 17.4. The van der Waals surface area contributed by atoms with Crippen molar-refractivity contribution in [2.24, 2.45) is 0 Å². The minimum Gasteiger partial charge on any atom is -0.497 e. The number of halogens is 1. The Bertz CT molecular complexity index is 760. The smallest absolute Gasteiger partial charge is 0.240 e. The Hall–Kier alpha value is -1.96. The lowest BCUT2D eigenvalue weighted by Crippen LogP contribution is -2.23. The minimum atomic E-state index is -3.65. The summed E-state index contributed by atoms with van der Waals surface area (Å²) >= 11 is 0. The Balaban J connectivity index is 2.10. The van der Waals surface area contributed by atoms with Crippen molar-refractivity contribution in [2.45, 2.75) is 18.0 Å². The average molecular weight is 339 g/mol.